The number of carbonyl (C=O) groups excluding carboxylic acids is 1. The molecule has 3 aromatic rings. The van der Waals surface area contributed by atoms with E-state index in [0.717, 1.165) is 21.5 Å². The zero-order chi connectivity index (χ0) is 15.7. The Kier molecular flexibility index (Phi) is 3.72. The molecule has 0 bridgehead atoms. The minimum absolute atomic E-state index is 0.120. The largest absolute Gasteiger partial charge is 0.347 e. The van der Waals surface area contributed by atoms with Crippen LogP contribution in [-0.4, -0.2) is 35.0 Å². The van der Waals surface area contributed by atoms with E-state index in [1.165, 1.54) is 18.3 Å². The number of fused-ring (bicyclic) bond motifs is 1. The maximum atomic E-state index is 11.1. The fourth-order valence-corrected chi connectivity index (χ4v) is 2.96. The van der Waals surface area contributed by atoms with Gasteiger partial charge in [0.15, 0.2) is 5.13 Å². The molecule has 2 aromatic heterocycles. The summed E-state index contributed by atoms with van der Waals surface area (Å²) in [5, 5.41) is 3.32. The topological polar surface area (TPSA) is 71.0 Å². The average molecular weight is 313 g/mol. The van der Waals surface area contributed by atoms with E-state index < -0.39 is 0 Å². The summed E-state index contributed by atoms with van der Waals surface area (Å²) in [7, 11) is 3.82. The van der Waals surface area contributed by atoms with Crippen LogP contribution in [-0.2, 0) is 4.79 Å². The van der Waals surface area contributed by atoms with Gasteiger partial charge < -0.3 is 10.2 Å². The number of nitrogens with zero attached hydrogens (tertiary/aromatic N) is 4. The van der Waals surface area contributed by atoms with E-state index in [0.29, 0.717) is 11.1 Å². The Morgan fingerprint density at radius 2 is 2.05 bits per heavy atom. The van der Waals surface area contributed by atoms with Crippen LogP contribution < -0.4 is 10.2 Å². The first-order valence-corrected chi connectivity index (χ1v) is 7.53. The molecule has 0 radical (unpaired) electrons. The Bertz CT molecular complexity index is 843. The maximum absolute atomic E-state index is 11.1. The highest BCUT2D eigenvalue weighted by molar-refractivity contribution is 7.22. The van der Waals surface area contributed by atoms with E-state index in [9.17, 15) is 4.79 Å². The molecule has 6 nitrogen and oxygen atoms in total. The van der Waals surface area contributed by atoms with Gasteiger partial charge in [-0.15, -0.1) is 0 Å². The Labute approximate surface area is 131 Å². The normalized spacial score (nSPS) is 10.7. The van der Waals surface area contributed by atoms with Crippen LogP contribution in [0, 0.1) is 0 Å². The van der Waals surface area contributed by atoms with Crippen molar-refractivity contribution in [2.45, 2.75) is 6.92 Å². The highest BCUT2D eigenvalue weighted by atomic mass is 32.1. The number of anilines is 2. The van der Waals surface area contributed by atoms with Crippen molar-refractivity contribution in [1.82, 2.24) is 15.0 Å². The molecule has 0 atom stereocenters. The molecule has 0 spiro atoms. The Balaban J connectivity index is 2.01. The number of amides is 1. The predicted molar refractivity (Wildman–Crippen MR) is 89.3 cm³/mol. The van der Waals surface area contributed by atoms with Crippen LogP contribution in [0.1, 0.15) is 6.92 Å². The van der Waals surface area contributed by atoms with Crippen molar-refractivity contribution in [2.75, 3.05) is 24.3 Å². The molecule has 0 saturated carbocycles. The third kappa shape index (κ3) is 2.89. The van der Waals surface area contributed by atoms with E-state index in [-0.39, 0.29) is 5.91 Å². The zero-order valence-corrected chi connectivity index (χ0v) is 13.3. The lowest BCUT2D eigenvalue weighted by atomic mass is 10.1. The lowest BCUT2D eigenvalue weighted by Gasteiger charge is -2.10. The second kappa shape index (κ2) is 5.69. The number of hydrogen-bond acceptors (Lipinski definition) is 6. The Hall–Kier alpha value is -2.54. The van der Waals surface area contributed by atoms with Gasteiger partial charge in [0.1, 0.15) is 0 Å². The third-order valence-corrected chi connectivity index (χ3v) is 3.94. The molecular formula is C15H15N5OS. The molecule has 0 saturated heterocycles. The molecule has 7 heteroatoms. The van der Waals surface area contributed by atoms with E-state index in [2.05, 4.69) is 20.3 Å². The maximum Gasteiger partial charge on any atom is 0.225 e. The molecule has 0 fully saturated rings. The number of carbonyl (C=O) groups is 1. The minimum Gasteiger partial charge on any atom is -0.347 e. The molecule has 22 heavy (non-hydrogen) atoms. The number of rotatable bonds is 3. The van der Waals surface area contributed by atoms with E-state index >= 15 is 0 Å². The molecule has 1 amide bonds. The van der Waals surface area contributed by atoms with Gasteiger partial charge in [-0.25, -0.2) is 15.0 Å². The van der Waals surface area contributed by atoms with Gasteiger partial charge in [0.25, 0.3) is 0 Å². The van der Waals surface area contributed by atoms with Crippen LogP contribution in [0.3, 0.4) is 0 Å². The monoisotopic (exact) mass is 313 g/mol. The molecule has 1 aromatic carbocycles. The molecular weight excluding hydrogens is 298 g/mol. The third-order valence-electron chi connectivity index (χ3n) is 3.01. The molecule has 112 valence electrons. The second-order valence-corrected chi connectivity index (χ2v) is 6.05. The quantitative estimate of drug-likeness (QED) is 0.805. The van der Waals surface area contributed by atoms with E-state index in [4.69, 9.17) is 0 Å². The van der Waals surface area contributed by atoms with Crippen LogP contribution in [0.2, 0.25) is 0 Å². The first-order valence-electron chi connectivity index (χ1n) is 6.72. The van der Waals surface area contributed by atoms with Gasteiger partial charge in [0.05, 0.1) is 15.9 Å². The van der Waals surface area contributed by atoms with Crippen molar-refractivity contribution in [3.8, 4) is 11.3 Å². The summed E-state index contributed by atoms with van der Waals surface area (Å²) in [4.78, 5) is 26.1. The van der Waals surface area contributed by atoms with E-state index in [1.807, 2.05) is 43.3 Å². The summed E-state index contributed by atoms with van der Waals surface area (Å²) in [6.07, 6.45) is 1.75. The second-order valence-electron chi connectivity index (χ2n) is 5.02. The molecule has 0 unspecified atom stereocenters. The molecule has 2 heterocycles. The number of nitrogens with one attached hydrogen (secondary N) is 1. The van der Waals surface area contributed by atoms with Gasteiger partial charge >= 0.3 is 0 Å². The minimum atomic E-state index is -0.120. The summed E-state index contributed by atoms with van der Waals surface area (Å²) in [5.74, 6) is 0.548. The highest BCUT2D eigenvalue weighted by Crippen LogP contribution is 2.30. The van der Waals surface area contributed by atoms with Crippen molar-refractivity contribution in [2.24, 2.45) is 0 Å². The van der Waals surface area contributed by atoms with Gasteiger partial charge in [-0.2, -0.15) is 0 Å². The first-order chi connectivity index (χ1) is 10.5. The van der Waals surface area contributed by atoms with Crippen molar-refractivity contribution >= 4 is 38.5 Å². The number of benzene rings is 1. The van der Waals surface area contributed by atoms with Crippen LogP contribution in [0.4, 0.5) is 11.1 Å². The lowest BCUT2D eigenvalue weighted by molar-refractivity contribution is -0.114. The molecule has 0 aliphatic heterocycles. The molecule has 0 aliphatic carbocycles. The fraction of sp³-hybridized carbons (Fsp3) is 0.200. The summed E-state index contributed by atoms with van der Waals surface area (Å²) in [6, 6.07) is 7.81. The van der Waals surface area contributed by atoms with Gasteiger partial charge in [0.2, 0.25) is 11.9 Å². The van der Waals surface area contributed by atoms with Crippen LogP contribution >= 0.6 is 11.3 Å². The summed E-state index contributed by atoms with van der Waals surface area (Å²) in [6.45, 7) is 1.47. The van der Waals surface area contributed by atoms with E-state index in [1.54, 1.807) is 6.20 Å². The van der Waals surface area contributed by atoms with Crippen molar-refractivity contribution in [1.29, 1.82) is 0 Å². The Morgan fingerprint density at radius 1 is 1.23 bits per heavy atom. The number of thiazole rings is 1. The first kappa shape index (κ1) is 14.4. The lowest BCUT2D eigenvalue weighted by Crippen LogP contribution is -2.12. The summed E-state index contributed by atoms with van der Waals surface area (Å²) < 4.78 is 1.01. The smallest absolute Gasteiger partial charge is 0.225 e. The van der Waals surface area contributed by atoms with Gasteiger partial charge in [-0.3, -0.25) is 4.79 Å². The molecule has 3 rings (SSSR count). The molecule has 1 N–H and O–H groups in total. The Morgan fingerprint density at radius 3 is 2.77 bits per heavy atom. The van der Waals surface area contributed by atoms with Crippen molar-refractivity contribution in [3.05, 3.63) is 30.5 Å². The standard InChI is InChI=1S/C15H15N5OS/c1-9(21)17-15-19-12-5-4-10(8-13(12)22-15)11-6-7-16-14(18-11)20(2)3/h4-8H,1-3H3,(H,17,19,21). The summed E-state index contributed by atoms with van der Waals surface area (Å²) in [5.41, 5.74) is 2.71. The number of hydrogen-bond donors (Lipinski definition) is 1. The average Bonchev–Trinajstić information content (AvgIpc) is 2.87. The number of aromatic nitrogens is 3. The van der Waals surface area contributed by atoms with Crippen LogP contribution in [0.5, 0.6) is 0 Å². The van der Waals surface area contributed by atoms with Gasteiger partial charge in [-0.1, -0.05) is 17.4 Å². The van der Waals surface area contributed by atoms with Crippen LogP contribution in [0.25, 0.3) is 21.5 Å². The zero-order valence-electron chi connectivity index (χ0n) is 12.5. The van der Waals surface area contributed by atoms with Gasteiger partial charge in [-0.05, 0) is 18.2 Å². The highest BCUT2D eigenvalue weighted by Gasteiger charge is 2.08. The fourth-order valence-electron chi connectivity index (χ4n) is 2.01. The van der Waals surface area contributed by atoms with Gasteiger partial charge in [0, 0.05) is 32.8 Å². The van der Waals surface area contributed by atoms with Crippen molar-refractivity contribution < 1.29 is 4.79 Å². The van der Waals surface area contributed by atoms with Crippen LogP contribution in [0.15, 0.2) is 30.5 Å². The molecule has 0 aliphatic rings. The van der Waals surface area contributed by atoms with Crippen molar-refractivity contribution in [3.63, 3.8) is 0 Å². The summed E-state index contributed by atoms with van der Waals surface area (Å²) >= 11 is 1.45. The SMILES string of the molecule is CC(=O)Nc1nc2ccc(-c3ccnc(N(C)C)n3)cc2s1. The predicted octanol–water partition coefficient (Wildman–Crippen LogP) is 2.78.